The summed E-state index contributed by atoms with van der Waals surface area (Å²) in [5.41, 5.74) is 6.35. The van der Waals surface area contributed by atoms with Gasteiger partial charge in [0.25, 0.3) is 0 Å². The molecule has 0 radical (unpaired) electrons. The second-order valence-electron chi connectivity index (χ2n) is 6.13. The first-order valence-electron chi connectivity index (χ1n) is 8.73. The highest BCUT2D eigenvalue weighted by Gasteiger charge is 2.22. The number of rotatable bonds is 4. The molecule has 0 saturated carbocycles. The number of ether oxygens (including phenoxy) is 1. The van der Waals surface area contributed by atoms with Gasteiger partial charge in [0, 0.05) is 16.7 Å². The Hall–Kier alpha value is -2.91. The van der Waals surface area contributed by atoms with Crippen molar-refractivity contribution in [3.05, 3.63) is 95.5 Å². The Kier molecular flexibility index (Phi) is 5.03. The predicted molar refractivity (Wildman–Crippen MR) is 115 cm³/mol. The van der Waals surface area contributed by atoms with Crippen LogP contribution < -0.4 is 4.74 Å². The smallest absolute Gasteiger partial charge is 0.228 e. The van der Waals surface area contributed by atoms with Crippen molar-refractivity contribution in [3.63, 3.8) is 0 Å². The van der Waals surface area contributed by atoms with E-state index in [1.54, 1.807) is 7.11 Å². The van der Waals surface area contributed by atoms with Gasteiger partial charge in [-0.3, -0.25) is 0 Å². The van der Waals surface area contributed by atoms with Crippen molar-refractivity contribution in [1.82, 2.24) is 4.98 Å². The fraction of sp³-hybridized carbons (Fsp3) is 0.0417. The number of nitrogens with zero attached hydrogens (tertiary/aromatic N) is 1. The molecule has 0 aliphatic carbocycles. The Bertz CT molecular complexity index is 1050. The zero-order chi connectivity index (χ0) is 18.6. The molecule has 0 spiro atoms. The minimum atomic E-state index is 0.576. The molecule has 0 aliphatic heterocycles. The van der Waals surface area contributed by atoms with Crippen LogP contribution in [0.25, 0.3) is 33.5 Å². The quantitative estimate of drug-likeness (QED) is 0.363. The molecule has 0 unspecified atom stereocenters. The molecule has 27 heavy (non-hydrogen) atoms. The Labute approximate surface area is 167 Å². The summed E-state index contributed by atoms with van der Waals surface area (Å²) in [4.78, 5) is 4.85. The van der Waals surface area contributed by atoms with Gasteiger partial charge in [0.05, 0.1) is 17.3 Å². The van der Waals surface area contributed by atoms with Crippen molar-refractivity contribution < 1.29 is 4.74 Å². The first-order valence-corrected chi connectivity index (χ1v) is 9.52. The van der Waals surface area contributed by atoms with Gasteiger partial charge in [0.15, 0.2) is 0 Å². The van der Waals surface area contributed by atoms with E-state index in [4.69, 9.17) is 9.72 Å². The molecule has 3 aromatic carbocycles. The zero-order valence-electron chi connectivity index (χ0n) is 14.9. The minimum absolute atomic E-state index is 0.576. The van der Waals surface area contributed by atoms with Crippen LogP contribution in [0.5, 0.6) is 5.88 Å². The van der Waals surface area contributed by atoms with Crippen LogP contribution in [-0.4, -0.2) is 12.1 Å². The second-order valence-corrected chi connectivity index (χ2v) is 6.92. The summed E-state index contributed by atoms with van der Waals surface area (Å²) in [5, 5.41) is 0. The van der Waals surface area contributed by atoms with Crippen LogP contribution in [0.15, 0.2) is 95.5 Å². The molecule has 1 heterocycles. The van der Waals surface area contributed by atoms with E-state index in [1.807, 2.05) is 42.5 Å². The molecule has 1 aromatic heterocycles. The lowest BCUT2D eigenvalue weighted by molar-refractivity contribution is 0.396. The van der Waals surface area contributed by atoms with Gasteiger partial charge in [-0.1, -0.05) is 91.0 Å². The van der Waals surface area contributed by atoms with Gasteiger partial charge in [-0.2, -0.15) is 0 Å². The van der Waals surface area contributed by atoms with Gasteiger partial charge in [0.2, 0.25) is 5.88 Å². The van der Waals surface area contributed by atoms with Crippen molar-refractivity contribution in [2.45, 2.75) is 0 Å². The summed E-state index contributed by atoms with van der Waals surface area (Å²) in [5.74, 6) is 0.576. The first-order chi connectivity index (χ1) is 13.3. The maximum atomic E-state index is 5.60. The number of hydrogen-bond donors (Lipinski definition) is 0. The molecule has 4 rings (SSSR count). The number of methoxy groups -OCH3 is 1. The lowest BCUT2D eigenvalue weighted by Gasteiger charge is -2.19. The van der Waals surface area contributed by atoms with Crippen LogP contribution in [0.4, 0.5) is 0 Å². The topological polar surface area (TPSA) is 22.1 Å². The highest BCUT2D eigenvalue weighted by molar-refractivity contribution is 9.10. The molecule has 3 heteroatoms. The van der Waals surface area contributed by atoms with E-state index in [9.17, 15) is 0 Å². The minimum Gasteiger partial charge on any atom is -0.480 e. The monoisotopic (exact) mass is 415 g/mol. The molecule has 0 N–H and O–H groups in total. The third kappa shape index (κ3) is 3.38. The van der Waals surface area contributed by atoms with Gasteiger partial charge in [-0.05, 0) is 27.1 Å². The summed E-state index contributed by atoms with van der Waals surface area (Å²) in [7, 11) is 1.65. The number of halogens is 1. The van der Waals surface area contributed by atoms with Gasteiger partial charge in [0.1, 0.15) is 0 Å². The third-order valence-electron chi connectivity index (χ3n) is 4.47. The molecule has 132 valence electrons. The largest absolute Gasteiger partial charge is 0.480 e. The third-order valence-corrected chi connectivity index (χ3v) is 5.21. The normalized spacial score (nSPS) is 10.6. The van der Waals surface area contributed by atoms with Crippen LogP contribution in [0.2, 0.25) is 0 Å². The SMILES string of the molecule is COc1nc(-c2ccccc2)c(-c2ccccc2)c(-c2ccccc2)c1Br. The Morgan fingerprint density at radius 3 is 1.56 bits per heavy atom. The van der Waals surface area contributed by atoms with Crippen molar-refractivity contribution in [1.29, 1.82) is 0 Å². The van der Waals surface area contributed by atoms with E-state index < -0.39 is 0 Å². The van der Waals surface area contributed by atoms with E-state index >= 15 is 0 Å². The second kappa shape index (κ2) is 7.77. The Morgan fingerprint density at radius 2 is 1.07 bits per heavy atom. The number of aromatic nitrogens is 1. The maximum absolute atomic E-state index is 5.60. The van der Waals surface area contributed by atoms with Crippen molar-refractivity contribution in [2.75, 3.05) is 7.11 Å². The fourth-order valence-corrected chi connectivity index (χ4v) is 3.92. The Balaban J connectivity index is 2.13. The lowest BCUT2D eigenvalue weighted by atomic mass is 9.91. The van der Waals surface area contributed by atoms with E-state index in [0.717, 1.165) is 38.0 Å². The van der Waals surface area contributed by atoms with E-state index in [1.165, 1.54) is 0 Å². The van der Waals surface area contributed by atoms with Crippen LogP contribution in [0, 0.1) is 0 Å². The van der Waals surface area contributed by atoms with Gasteiger partial charge in [-0.25, -0.2) is 4.98 Å². The fourth-order valence-electron chi connectivity index (χ4n) is 3.24. The average Bonchev–Trinajstić information content (AvgIpc) is 2.75. The zero-order valence-corrected chi connectivity index (χ0v) is 16.5. The molecule has 0 aliphatic rings. The van der Waals surface area contributed by atoms with E-state index in [-0.39, 0.29) is 0 Å². The molecule has 0 saturated heterocycles. The highest BCUT2D eigenvalue weighted by atomic mass is 79.9. The maximum Gasteiger partial charge on any atom is 0.228 e. The molecule has 0 atom stereocenters. The van der Waals surface area contributed by atoms with Gasteiger partial charge < -0.3 is 4.74 Å². The molecular weight excluding hydrogens is 398 g/mol. The lowest BCUT2D eigenvalue weighted by Crippen LogP contribution is -1.99. The number of pyridine rings is 1. The van der Waals surface area contributed by atoms with Crippen molar-refractivity contribution in [2.24, 2.45) is 0 Å². The highest BCUT2D eigenvalue weighted by Crippen LogP contribution is 2.46. The first kappa shape index (κ1) is 17.5. The van der Waals surface area contributed by atoms with Gasteiger partial charge in [-0.15, -0.1) is 0 Å². The van der Waals surface area contributed by atoms with E-state index in [0.29, 0.717) is 5.88 Å². The molecule has 2 nitrogen and oxygen atoms in total. The summed E-state index contributed by atoms with van der Waals surface area (Å²) >= 11 is 3.75. The van der Waals surface area contributed by atoms with Crippen LogP contribution in [0.1, 0.15) is 0 Å². The standard InChI is InChI=1S/C24H18BrNO/c1-27-24-22(25)20(17-11-5-2-6-12-17)21(18-13-7-3-8-14-18)23(26-24)19-15-9-4-10-16-19/h2-16H,1H3. The Morgan fingerprint density at radius 1 is 0.630 bits per heavy atom. The van der Waals surface area contributed by atoms with Crippen molar-refractivity contribution >= 4 is 15.9 Å². The van der Waals surface area contributed by atoms with Gasteiger partial charge >= 0.3 is 0 Å². The molecule has 4 aromatic rings. The summed E-state index contributed by atoms with van der Waals surface area (Å²) in [6, 6.07) is 30.9. The molecule has 0 amide bonds. The molecule has 0 bridgehead atoms. The van der Waals surface area contributed by atoms with Crippen LogP contribution in [-0.2, 0) is 0 Å². The summed E-state index contributed by atoms with van der Waals surface area (Å²) < 4.78 is 6.46. The van der Waals surface area contributed by atoms with E-state index in [2.05, 4.69) is 64.5 Å². The predicted octanol–water partition coefficient (Wildman–Crippen LogP) is 6.85. The summed E-state index contributed by atoms with van der Waals surface area (Å²) in [6.07, 6.45) is 0. The number of hydrogen-bond acceptors (Lipinski definition) is 2. The number of benzene rings is 3. The average molecular weight is 416 g/mol. The van der Waals surface area contributed by atoms with Crippen LogP contribution in [0.3, 0.4) is 0 Å². The summed E-state index contributed by atoms with van der Waals surface area (Å²) in [6.45, 7) is 0. The van der Waals surface area contributed by atoms with Crippen molar-refractivity contribution in [3.8, 4) is 39.4 Å². The molecule has 0 fully saturated rings. The molecular formula is C24H18BrNO. The van der Waals surface area contributed by atoms with Crippen LogP contribution >= 0.6 is 15.9 Å².